The Morgan fingerprint density at radius 2 is 1.82 bits per heavy atom. The number of pyridine rings is 1. The molecule has 3 fully saturated rings. The molecule has 2 aromatic rings. The van der Waals surface area contributed by atoms with Gasteiger partial charge in [-0.2, -0.15) is 13.2 Å². The van der Waals surface area contributed by atoms with Crippen LogP contribution >= 0.6 is 11.8 Å². The summed E-state index contributed by atoms with van der Waals surface area (Å²) in [4.78, 5) is 38.1. The minimum Gasteiger partial charge on any atom is -0.444 e. The molecule has 2 atom stereocenters. The molecule has 0 bridgehead atoms. The number of alkyl halides is 3. The van der Waals surface area contributed by atoms with Gasteiger partial charge in [-0.3, -0.25) is 14.6 Å². The number of hydrogen-bond donors (Lipinski definition) is 0. The highest BCUT2D eigenvalue weighted by Gasteiger charge is 2.45. The normalized spacial score (nSPS) is 23.1. The van der Waals surface area contributed by atoms with Crippen LogP contribution in [-0.4, -0.2) is 100 Å². The standard InChI is InChI=1S/C28H36F3N5O3S/c1-27(2,3)39-26(38)36-17-19(15-23(36)25(37)35-13-14-40-18-35)33-9-6-10-34(12-11-33)22-16-24(28(29,30)31)32-21-8-5-4-7-20(21)22/h4-5,7-8,16,19,23H,6,9-15,17-18H2,1-3H3/t19-,23-/m0/s1. The van der Waals surface area contributed by atoms with Gasteiger partial charge in [0.15, 0.2) is 0 Å². The van der Waals surface area contributed by atoms with Crippen LogP contribution in [0.15, 0.2) is 30.3 Å². The largest absolute Gasteiger partial charge is 0.444 e. The molecule has 218 valence electrons. The van der Waals surface area contributed by atoms with Crippen LogP contribution in [0.4, 0.5) is 23.7 Å². The van der Waals surface area contributed by atoms with Gasteiger partial charge in [0.25, 0.3) is 0 Å². The van der Waals surface area contributed by atoms with Crippen LogP contribution in [0.25, 0.3) is 10.9 Å². The van der Waals surface area contributed by atoms with Crippen molar-refractivity contribution < 1.29 is 27.5 Å². The smallest absolute Gasteiger partial charge is 0.433 e. The monoisotopic (exact) mass is 579 g/mol. The van der Waals surface area contributed by atoms with Gasteiger partial charge in [0.05, 0.1) is 11.4 Å². The Hall–Kier alpha value is -2.73. The molecule has 12 heteroatoms. The molecule has 2 amide bonds. The van der Waals surface area contributed by atoms with Gasteiger partial charge in [-0.1, -0.05) is 18.2 Å². The van der Waals surface area contributed by atoms with Crippen LogP contribution < -0.4 is 4.90 Å². The maximum atomic E-state index is 13.7. The van der Waals surface area contributed by atoms with E-state index in [9.17, 15) is 22.8 Å². The fraction of sp³-hybridized carbons (Fsp3) is 0.607. The van der Waals surface area contributed by atoms with E-state index in [0.29, 0.717) is 61.6 Å². The second kappa shape index (κ2) is 11.3. The summed E-state index contributed by atoms with van der Waals surface area (Å²) in [6.45, 7) is 8.92. The molecular formula is C28H36F3N5O3S. The number of rotatable bonds is 3. The molecule has 0 radical (unpaired) electrons. The number of amides is 2. The molecule has 0 saturated carbocycles. The first kappa shape index (κ1) is 28.8. The summed E-state index contributed by atoms with van der Waals surface area (Å²) in [5, 5.41) is 0.690. The number of carbonyl (C=O) groups is 2. The molecule has 3 aliphatic rings. The molecule has 8 nitrogen and oxygen atoms in total. The average molecular weight is 580 g/mol. The van der Waals surface area contributed by atoms with Crippen molar-refractivity contribution in [1.82, 2.24) is 19.7 Å². The Bertz CT molecular complexity index is 1250. The lowest BCUT2D eigenvalue weighted by Crippen LogP contribution is -2.48. The van der Waals surface area contributed by atoms with Gasteiger partial charge in [-0.15, -0.1) is 11.8 Å². The van der Waals surface area contributed by atoms with E-state index in [1.54, 1.807) is 28.8 Å². The van der Waals surface area contributed by atoms with Gasteiger partial charge in [0.2, 0.25) is 5.91 Å². The van der Waals surface area contributed by atoms with Gasteiger partial charge >= 0.3 is 12.3 Å². The van der Waals surface area contributed by atoms with Crippen LogP contribution in [0.3, 0.4) is 0 Å². The number of ether oxygens (including phenoxy) is 1. The van der Waals surface area contributed by atoms with Crippen LogP contribution in [0.2, 0.25) is 0 Å². The Balaban J connectivity index is 1.35. The highest BCUT2D eigenvalue weighted by molar-refractivity contribution is 7.99. The minimum atomic E-state index is -4.54. The predicted octanol–water partition coefficient (Wildman–Crippen LogP) is 4.68. The predicted molar refractivity (Wildman–Crippen MR) is 149 cm³/mol. The topological polar surface area (TPSA) is 69.2 Å². The first-order valence-corrected chi connectivity index (χ1v) is 14.9. The maximum absolute atomic E-state index is 13.7. The molecule has 0 N–H and O–H groups in total. The number of likely N-dealkylation sites (tertiary alicyclic amines) is 1. The summed E-state index contributed by atoms with van der Waals surface area (Å²) in [6, 6.07) is 7.44. The Morgan fingerprint density at radius 3 is 2.52 bits per heavy atom. The molecule has 1 aromatic carbocycles. The first-order chi connectivity index (χ1) is 18.9. The van der Waals surface area contributed by atoms with Gasteiger partial charge in [0, 0.05) is 62.1 Å². The second-order valence-corrected chi connectivity index (χ2v) is 12.7. The van der Waals surface area contributed by atoms with Crippen molar-refractivity contribution in [2.24, 2.45) is 0 Å². The summed E-state index contributed by atoms with van der Waals surface area (Å²) in [6.07, 6.45) is -3.78. The van der Waals surface area contributed by atoms with E-state index < -0.39 is 29.6 Å². The molecule has 0 unspecified atom stereocenters. The average Bonchev–Trinajstić information content (AvgIpc) is 3.52. The summed E-state index contributed by atoms with van der Waals surface area (Å²) in [5.41, 5.74) is -0.731. The number of para-hydroxylation sites is 1. The number of anilines is 1. The van der Waals surface area contributed by atoms with Gasteiger partial charge in [-0.05, 0) is 45.7 Å². The van der Waals surface area contributed by atoms with Gasteiger partial charge < -0.3 is 14.5 Å². The van der Waals surface area contributed by atoms with Crippen LogP contribution in [0, 0.1) is 0 Å². The van der Waals surface area contributed by atoms with Crippen LogP contribution in [0.5, 0.6) is 0 Å². The Labute approximate surface area is 236 Å². The highest BCUT2D eigenvalue weighted by atomic mass is 32.2. The van der Waals surface area contributed by atoms with E-state index in [0.717, 1.165) is 24.8 Å². The van der Waals surface area contributed by atoms with Crippen molar-refractivity contribution >= 4 is 40.4 Å². The number of benzene rings is 1. The van der Waals surface area contributed by atoms with Crippen molar-refractivity contribution in [3.05, 3.63) is 36.0 Å². The van der Waals surface area contributed by atoms with E-state index in [1.807, 2.05) is 42.7 Å². The lowest BCUT2D eigenvalue weighted by molar-refractivity contribution is -0.141. The lowest BCUT2D eigenvalue weighted by Gasteiger charge is -2.30. The number of halogens is 3. The lowest BCUT2D eigenvalue weighted by atomic mass is 10.1. The first-order valence-electron chi connectivity index (χ1n) is 13.7. The van der Waals surface area contributed by atoms with E-state index >= 15 is 0 Å². The third kappa shape index (κ3) is 6.27. The molecule has 1 aromatic heterocycles. The zero-order valence-electron chi connectivity index (χ0n) is 23.1. The third-order valence-corrected chi connectivity index (χ3v) is 8.59. The van der Waals surface area contributed by atoms with Crippen molar-refractivity contribution in [2.45, 2.75) is 57.5 Å². The molecule has 0 aliphatic carbocycles. The van der Waals surface area contributed by atoms with Crippen LogP contribution in [-0.2, 0) is 15.7 Å². The number of thioether (sulfide) groups is 1. The van der Waals surface area contributed by atoms with Crippen LogP contribution in [0.1, 0.15) is 39.3 Å². The zero-order chi connectivity index (χ0) is 28.7. The van der Waals surface area contributed by atoms with Crippen molar-refractivity contribution in [3.8, 4) is 0 Å². The second-order valence-electron chi connectivity index (χ2n) is 11.6. The number of aromatic nitrogens is 1. The highest BCUT2D eigenvalue weighted by Crippen LogP contribution is 2.35. The quantitative estimate of drug-likeness (QED) is 0.523. The van der Waals surface area contributed by atoms with Crippen molar-refractivity contribution in [2.75, 3.05) is 55.8 Å². The zero-order valence-corrected chi connectivity index (χ0v) is 23.9. The number of fused-ring (bicyclic) bond motifs is 1. The molecular weight excluding hydrogens is 543 g/mol. The Kier molecular flexibility index (Phi) is 8.11. The summed E-state index contributed by atoms with van der Waals surface area (Å²) in [7, 11) is 0. The fourth-order valence-electron chi connectivity index (χ4n) is 5.74. The number of carbonyl (C=O) groups excluding carboxylic acids is 2. The van der Waals surface area contributed by atoms with E-state index in [-0.39, 0.29) is 11.9 Å². The third-order valence-electron chi connectivity index (χ3n) is 7.63. The minimum absolute atomic E-state index is 0.0438. The number of hydrogen-bond acceptors (Lipinski definition) is 7. The van der Waals surface area contributed by atoms with Gasteiger partial charge in [-0.25, -0.2) is 9.78 Å². The van der Waals surface area contributed by atoms with E-state index in [2.05, 4.69) is 9.88 Å². The molecule has 0 spiro atoms. The van der Waals surface area contributed by atoms with Crippen molar-refractivity contribution in [3.63, 3.8) is 0 Å². The molecule has 3 saturated heterocycles. The molecule has 4 heterocycles. The van der Waals surface area contributed by atoms with Crippen molar-refractivity contribution in [1.29, 1.82) is 0 Å². The van der Waals surface area contributed by atoms with Gasteiger partial charge in [0.1, 0.15) is 17.3 Å². The fourth-order valence-corrected chi connectivity index (χ4v) is 6.70. The summed E-state index contributed by atoms with van der Waals surface area (Å²) < 4.78 is 46.7. The van der Waals surface area contributed by atoms with E-state index in [1.165, 1.54) is 0 Å². The summed E-state index contributed by atoms with van der Waals surface area (Å²) in [5.74, 6) is 1.47. The SMILES string of the molecule is CC(C)(C)OC(=O)N1C[C@@H](N2CCCN(c3cc(C(F)(F)F)nc4ccccc34)CC2)C[C@H]1C(=O)N1CCSC1. The molecule has 3 aliphatic heterocycles. The molecule has 5 rings (SSSR count). The molecule has 40 heavy (non-hydrogen) atoms. The summed E-state index contributed by atoms with van der Waals surface area (Å²) >= 11 is 1.70. The number of nitrogens with zero attached hydrogens (tertiary/aromatic N) is 5. The van der Waals surface area contributed by atoms with E-state index in [4.69, 9.17) is 4.74 Å². The Morgan fingerprint density at radius 1 is 1.05 bits per heavy atom. The maximum Gasteiger partial charge on any atom is 0.433 e.